The molecule has 24 heavy (non-hydrogen) atoms. The van der Waals surface area contributed by atoms with Gasteiger partial charge in [-0.05, 0) is 59.1 Å². The third-order valence-corrected chi connectivity index (χ3v) is 4.36. The van der Waals surface area contributed by atoms with Gasteiger partial charge < -0.3 is 19.9 Å². The molecule has 0 spiro atoms. The predicted molar refractivity (Wildman–Crippen MR) is 93.6 cm³/mol. The Morgan fingerprint density at radius 2 is 2.04 bits per heavy atom. The Morgan fingerprint density at radius 1 is 1.38 bits per heavy atom. The van der Waals surface area contributed by atoms with Crippen LogP contribution in [0.15, 0.2) is 6.07 Å². The monoisotopic (exact) mass is 357 g/mol. The number of rotatable bonds is 7. The number of esters is 1. The standard InChI is InChI=1S/C17H27NO5S/c1-6-22-15(20)14-9-11(2)13(24-14)8-7-12(19)10-18-16(21)23-17(3,4)5/h9,12,19H,6-8,10H2,1-5H3,(H,18,21)/t12-/m1/s1. The van der Waals surface area contributed by atoms with Crippen molar-refractivity contribution in [1.29, 1.82) is 0 Å². The number of hydrogen-bond acceptors (Lipinski definition) is 6. The number of aryl methyl sites for hydroxylation is 2. The van der Waals surface area contributed by atoms with Gasteiger partial charge in [0.05, 0.1) is 12.7 Å². The first kappa shape index (κ1) is 20.4. The van der Waals surface area contributed by atoms with Gasteiger partial charge in [0.15, 0.2) is 0 Å². The lowest BCUT2D eigenvalue weighted by Crippen LogP contribution is -2.37. The highest BCUT2D eigenvalue weighted by atomic mass is 32.1. The van der Waals surface area contributed by atoms with E-state index in [1.165, 1.54) is 11.3 Å². The number of aliphatic hydroxyl groups is 1. The van der Waals surface area contributed by atoms with E-state index in [0.29, 0.717) is 24.3 Å². The molecule has 1 aromatic rings. The smallest absolute Gasteiger partial charge is 0.407 e. The number of hydrogen-bond donors (Lipinski definition) is 2. The molecule has 0 saturated carbocycles. The molecule has 0 radical (unpaired) electrons. The summed E-state index contributed by atoms with van der Waals surface area (Å²) < 4.78 is 10.1. The molecule has 0 aliphatic heterocycles. The van der Waals surface area contributed by atoms with Crippen molar-refractivity contribution >= 4 is 23.4 Å². The van der Waals surface area contributed by atoms with E-state index in [-0.39, 0.29) is 12.5 Å². The van der Waals surface area contributed by atoms with Crippen molar-refractivity contribution in [1.82, 2.24) is 5.32 Å². The van der Waals surface area contributed by atoms with Gasteiger partial charge >= 0.3 is 12.1 Å². The molecule has 0 unspecified atom stereocenters. The van der Waals surface area contributed by atoms with Crippen LogP contribution in [-0.2, 0) is 15.9 Å². The fourth-order valence-electron chi connectivity index (χ4n) is 1.99. The van der Waals surface area contributed by atoms with Gasteiger partial charge in [0, 0.05) is 11.4 Å². The summed E-state index contributed by atoms with van der Waals surface area (Å²) in [5.74, 6) is -0.316. The minimum Gasteiger partial charge on any atom is -0.462 e. The first-order valence-corrected chi connectivity index (χ1v) is 8.85. The third-order valence-electron chi connectivity index (χ3n) is 3.08. The van der Waals surface area contributed by atoms with Crippen LogP contribution in [-0.4, -0.2) is 42.0 Å². The van der Waals surface area contributed by atoms with Crippen LogP contribution in [0.4, 0.5) is 4.79 Å². The molecule has 0 bridgehead atoms. The molecule has 136 valence electrons. The number of carbonyl (C=O) groups excluding carboxylic acids is 2. The molecule has 0 fully saturated rings. The Kier molecular flexibility index (Phi) is 7.69. The second kappa shape index (κ2) is 9.03. The molecule has 0 aliphatic rings. The number of ether oxygens (including phenoxy) is 2. The third kappa shape index (κ3) is 7.31. The zero-order chi connectivity index (χ0) is 18.3. The van der Waals surface area contributed by atoms with Gasteiger partial charge in [0.1, 0.15) is 10.5 Å². The zero-order valence-corrected chi connectivity index (χ0v) is 15.8. The van der Waals surface area contributed by atoms with E-state index in [2.05, 4.69) is 5.32 Å². The fraction of sp³-hybridized carbons (Fsp3) is 0.647. The highest BCUT2D eigenvalue weighted by Gasteiger charge is 2.18. The quantitative estimate of drug-likeness (QED) is 0.733. The van der Waals surface area contributed by atoms with Crippen LogP contribution in [0.5, 0.6) is 0 Å². The van der Waals surface area contributed by atoms with Gasteiger partial charge in [0.25, 0.3) is 0 Å². The molecule has 1 amide bonds. The molecule has 0 saturated heterocycles. The van der Waals surface area contributed by atoms with E-state index in [4.69, 9.17) is 9.47 Å². The number of amides is 1. The average Bonchev–Trinajstić information content (AvgIpc) is 2.83. The largest absolute Gasteiger partial charge is 0.462 e. The van der Waals surface area contributed by atoms with Crippen molar-refractivity contribution < 1.29 is 24.2 Å². The Labute approximate surface area is 147 Å². The van der Waals surface area contributed by atoms with E-state index in [0.717, 1.165) is 10.4 Å². The van der Waals surface area contributed by atoms with E-state index >= 15 is 0 Å². The van der Waals surface area contributed by atoms with Crippen molar-refractivity contribution in [3.63, 3.8) is 0 Å². The normalized spacial score (nSPS) is 12.6. The Hall–Kier alpha value is -1.60. The van der Waals surface area contributed by atoms with Gasteiger partial charge in [-0.1, -0.05) is 0 Å². The lowest BCUT2D eigenvalue weighted by Gasteiger charge is -2.20. The number of alkyl carbamates (subject to hydrolysis) is 1. The van der Waals surface area contributed by atoms with Gasteiger partial charge in [-0.25, -0.2) is 9.59 Å². The number of aliphatic hydroxyl groups excluding tert-OH is 1. The van der Waals surface area contributed by atoms with Gasteiger partial charge in [-0.15, -0.1) is 11.3 Å². The maximum Gasteiger partial charge on any atom is 0.407 e. The second-order valence-corrected chi connectivity index (χ2v) is 7.65. The fourth-order valence-corrected chi connectivity index (χ4v) is 3.07. The Bertz CT molecular complexity index is 562. The van der Waals surface area contributed by atoms with Crippen LogP contribution in [0.25, 0.3) is 0 Å². The van der Waals surface area contributed by atoms with Crippen molar-refractivity contribution in [3.05, 3.63) is 21.4 Å². The molecule has 1 rings (SSSR count). The minimum atomic E-state index is -0.676. The summed E-state index contributed by atoms with van der Waals surface area (Å²) in [5, 5.41) is 12.5. The average molecular weight is 357 g/mol. The summed E-state index contributed by atoms with van der Waals surface area (Å²) >= 11 is 1.38. The van der Waals surface area contributed by atoms with Gasteiger partial charge in [-0.2, -0.15) is 0 Å². The van der Waals surface area contributed by atoms with Crippen molar-refractivity contribution in [2.24, 2.45) is 0 Å². The summed E-state index contributed by atoms with van der Waals surface area (Å²) in [5.41, 5.74) is 0.447. The van der Waals surface area contributed by atoms with Crippen LogP contribution in [0, 0.1) is 6.92 Å². The molecular weight excluding hydrogens is 330 g/mol. The topological polar surface area (TPSA) is 84.9 Å². The minimum absolute atomic E-state index is 0.129. The summed E-state index contributed by atoms with van der Waals surface area (Å²) in [7, 11) is 0. The van der Waals surface area contributed by atoms with Gasteiger partial charge in [0.2, 0.25) is 0 Å². The first-order valence-electron chi connectivity index (χ1n) is 8.03. The van der Waals surface area contributed by atoms with Crippen LogP contribution >= 0.6 is 11.3 Å². The SMILES string of the molecule is CCOC(=O)c1cc(C)c(CC[C@@H](O)CNC(=O)OC(C)(C)C)s1. The number of nitrogens with one attached hydrogen (secondary N) is 1. The summed E-state index contributed by atoms with van der Waals surface area (Å²) in [6.07, 6.45) is -0.101. The molecule has 1 heterocycles. The van der Waals surface area contributed by atoms with Crippen LogP contribution < -0.4 is 5.32 Å². The van der Waals surface area contributed by atoms with Crippen LogP contribution in [0.1, 0.15) is 54.2 Å². The zero-order valence-electron chi connectivity index (χ0n) is 15.0. The molecule has 2 N–H and O–H groups in total. The highest BCUT2D eigenvalue weighted by molar-refractivity contribution is 7.14. The van der Waals surface area contributed by atoms with Crippen molar-refractivity contribution in [3.8, 4) is 0 Å². The molecule has 7 heteroatoms. The predicted octanol–water partition coefficient (Wildman–Crippen LogP) is 3.05. The van der Waals surface area contributed by atoms with Crippen molar-refractivity contribution in [2.75, 3.05) is 13.2 Å². The maximum atomic E-state index is 11.7. The Balaban J connectivity index is 2.43. The first-order chi connectivity index (χ1) is 11.1. The number of thiophene rings is 1. The van der Waals surface area contributed by atoms with E-state index in [1.54, 1.807) is 27.7 Å². The molecule has 1 aromatic heterocycles. The lowest BCUT2D eigenvalue weighted by atomic mass is 10.1. The molecule has 1 atom stereocenters. The lowest BCUT2D eigenvalue weighted by molar-refractivity contribution is 0.0487. The van der Waals surface area contributed by atoms with E-state index in [1.807, 2.05) is 13.0 Å². The van der Waals surface area contributed by atoms with E-state index in [9.17, 15) is 14.7 Å². The summed E-state index contributed by atoms with van der Waals surface area (Å²) in [4.78, 5) is 24.9. The second-order valence-electron chi connectivity index (χ2n) is 6.51. The van der Waals surface area contributed by atoms with Gasteiger partial charge in [-0.3, -0.25) is 0 Å². The molecule has 0 aliphatic carbocycles. The maximum absolute atomic E-state index is 11.7. The highest BCUT2D eigenvalue weighted by Crippen LogP contribution is 2.24. The summed E-state index contributed by atoms with van der Waals surface area (Å²) in [6.45, 7) is 9.52. The van der Waals surface area contributed by atoms with Crippen LogP contribution in [0.3, 0.4) is 0 Å². The Morgan fingerprint density at radius 3 is 2.62 bits per heavy atom. The van der Waals surface area contributed by atoms with Crippen LogP contribution in [0.2, 0.25) is 0 Å². The molecular formula is C17H27NO5S. The molecule has 6 nitrogen and oxygen atoms in total. The summed E-state index contributed by atoms with van der Waals surface area (Å²) in [6, 6.07) is 1.81. The van der Waals surface area contributed by atoms with E-state index < -0.39 is 17.8 Å². The molecule has 0 aromatic carbocycles. The number of carbonyl (C=O) groups is 2. The van der Waals surface area contributed by atoms with Crippen molar-refractivity contribution in [2.45, 2.75) is 59.2 Å².